The lowest BCUT2D eigenvalue weighted by molar-refractivity contribution is 1.18. The quantitative estimate of drug-likeness (QED) is 0.316. The Bertz CT molecular complexity index is 942. The summed E-state index contributed by atoms with van der Waals surface area (Å²) < 4.78 is 1.03. The fourth-order valence-electron chi connectivity index (χ4n) is 2.72. The third-order valence-corrected chi connectivity index (χ3v) is 4.44. The maximum atomic E-state index is 4.81. The van der Waals surface area contributed by atoms with E-state index in [0.29, 0.717) is 0 Å². The Hall–Kier alpha value is -2.78. The van der Waals surface area contributed by atoms with Crippen LogP contribution in [0.5, 0.6) is 0 Å². The van der Waals surface area contributed by atoms with Crippen LogP contribution in [-0.2, 0) is 0 Å². The van der Waals surface area contributed by atoms with Crippen molar-refractivity contribution in [3.63, 3.8) is 0 Å². The number of aromatic nitrogens is 2. The second-order valence-corrected chi connectivity index (χ2v) is 6.62. The van der Waals surface area contributed by atoms with Crippen LogP contribution < -0.4 is 0 Å². The molecule has 1 aromatic heterocycles. The molecule has 0 aliphatic rings. The van der Waals surface area contributed by atoms with Crippen LogP contribution in [0.4, 0.5) is 0 Å². The maximum Gasteiger partial charge on any atom is 0.160 e. The van der Waals surface area contributed by atoms with Gasteiger partial charge in [0.15, 0.2) is 5.82 Å². The van der Waals surface area contributed by atoms with E-state index in [4.69, 9.17) is 9.97 Å². The SMILES string of the molecule is Brc1cccc(-c2cc(-c3ccccc3)nc(-c3ccccc3)n2)c1.CC.CC. The van der Waals surface area contributed by atoms with Gasteiger partial charge in [0, 0.05) is 21.2 Å². The van der Waals surface area contributed by atoms with Gasteiger partial charge < -0.3 is 0 Å². The molecule has 4 aromatic rings. The highest BCUT2D eigenvalue weighted by Crippen LogP contribution is 2.28. The summed E-state index contributed by atoms with van der Waals surface area (Å²) in [7, 11) is 0. The second kappa shape index (κ2) is 11.9. The number of benzene rings is 3. The standard InChI is InChI=1S/C22H15BrN2.2C2H6/c23-19-13-7-12-18(14-19)21-15-20(16-8-3-1-4-9-16)24-22(25-21)17-10-5-2-6-11-17;2*1-2/h1-15H;2*1-2H3. The van der Waals surface area contributed by atoms with Crippen molar-refractivity contribution < 1.29 is 0 Å². The molecule has 0 atom stereocenters. The molecule has 3 heteroatoms. The molecule has 0 spiro atoms. The number of hydrogen-bond donors (Lipinski definition) is 0. The van der Waals surface area contributed by atoms with Gasteiger partial charge in [0.05, 0.1) is 11.4 Å². The molecule has 0 unspecified atom stereocenters. The largest absolute Gasteiger partial charge is 0.228 e. The summed E-state index contributed by atoms with van der Waals surface area (Å²) in [5, 5.41) is 0. The third-order valence-electron chi connectivity index (χ3n) is 3.95. The van der Waals surface area contributed by atoms with Gasteiger partial charge in [-0.1, -0.05) is 116 Å². The van der Waals surface area contributed by atoms with Gasteiger partial charge in [-0.3, -0.25) is 0 Å². The average molecular weight is 447 g/mol. The van der Waals surface area contributed by atoms with Gasteiger partial charge in [0.25, 0.3) is 0 Å². The third kappa shape index (κ3) is 6.10. The Morgan fingerprint density at radius 2 is 1.00 bits per heavy atom. The molecule has 0 fully saturated rings. The first-order valence-electron chi connectivity index (χ1n) is 10.1. The summed E-state index contributed by atoms with van der Waals surface area (Å²) >= 11 is 3.54. The van der Waals surface area contributed by atoms with Crippen molar-refractivity contribution in [2.45, 2.75) is 27.7 Å². The zero-order chi connectivity index (χ0) is 21.1. The van der Waals surface area contributed by atoms with Gasteiger partial charge in [-0.2, -0.15) is 0 Å². The second-order valence-electron chi connectivity index (χ2n) is 5.70. The van der Waals surface area contributed by atoms with Gasteiger partial charge in [-0.05, 0) is 18.2 Å². The van der Waals surface area contributed by atoms with Crippen molar-refractivity contribution in [1.82, 2.24) is 9.97 Å². The predicted molar refractivity (Wildman–Crippen MR) is 129 cm³/mol. The molecule has 2 nitrogen and oxygen atoms in total. The normalized spacial score (nSPS) is 9.55. The average Bonchev–Trinajstić information content (AvgIpc) is 2.82. The molecule has 0 saturated heterocycles. The van der Waals surface area contributed by atoms with Gasteiger partial charge in [0.2, 0.25) is 0 Å². The monoisotopic (exact) mass is 446 g/mol. The first-order valence-corrected chi connectivity index (χ1v) is 10.8. The lowest BCUT2D eigenvalue weighted by Gasteiger charge is -2.09. The van der Waals surface area contributed by atoms with Crippen LogP contribution in [0.15, 0.2) is 95.5 Å². The van der Waals surface area contributed by atoms with Crippen LogP contribution in [-0.4, -0.2) is 9.97 Å². The molecule has 1 heterocycles. The highest BCUT2D eigenvalue weighted by Gasteiger charge is 2.10. The van der Waals surface area contributed by atoms with E-state index in [0.717, 1.165) is 38.4 Å². The molecule has 3 aromatic carbocycles. The Morgan fingerprint density at radius 3 is 1.55 bits per heavy atom. The zero-order valence-electron chi connectivity index (χ0n) is 17.4. The first kappa shape index (κ1) is 22.5. The molecule has 0 radical (unpaired) electrons. The van der Waals surface area contributed by atoms with Crippen molar-refractivity contribution >= 4 is 15.9 Å². The van der Waals surface area contributed by atoms with Crippen LogP contribution in [0, 0.1) is 0 Å². The van der Waals surface area contributed by atoms with E-state index < -0.39 is 0 Å². The van der Waals surface area contributed by atoms with Crippen LogP contribution in [0.1, 0.15) is 27.7 Å². The molecule has 0 N–H and O–H groups in total. The van der Waals surface area contributed by atoms with E-state index in [-0.39, 0.29) is 0 Å². The molecule has 0 aliphatic heterocycles. The van der Waals surface area contributed by atoms with E-state index >= 15 is 0 Å². The molecule has 4 rings (SSSR count). The lowest BCUT2D eigenvalue weighted by atomic mass is 10.1. The summed E-state index contributed by atoms with van der Waals surface area (Å²) in [5.41, 5.74) is 4.99. The summed E-state index contributed by atoms with van der Waals surface area (Å²) in [4.78, 5) is 9.61. The minimum atomic E-state index is 0.733. The summed E-state index contributed by atoms with van der Waals surface area (Å²) in [6.07, 6.45) is 0. The number of halogens is 1. The van der Waals surface area contributed by atoms with E-state index in [1.165, 1.54) is 0 Å². The molecule has 0 aliphatic carbocycles. The zero-order valence-corrected chi connectivity index (χ0v) is 19.0. The van der Waals surface area contributed by atoms with E-state index in [2.05, 4.69) is 40.2 Å². The molecule has 0 saturated carbocycles. The van der Waals surface area contributed by atoms with Gasteiger partial charge in [-0.15, -0.1) is 0 Å². The maximum absolute atomic E-state index is 4.81. The van der Waals surface area contributed by atoms with Gasteiger partial charge >= 0.3 is 0 Å². The Morgan fingerprint density at radius 1 is 0.517 bits per heavy atom. The van der Waals surface area contributed by atoms with Gasteiger partial charge in [0.1, 0.15) is 0 Å². The fraction of sp³-hybridized carbons (Fsp3) is 0.154. The predicted octanol–water partition coefficient (Wildman–Crippen LogP) is 8.29. The van der Waals surface area contributed by atoms with Crippen molar-refractivity contribution in [2.24, 2.45) is 0 Å². The van der Waals surface area contributed by atoms with Crippen LogP contribution >= 0.6 is 15.9 Å². The topological polar surface area (TPSA) is 25.8 Å². The molecule has 148 valence electrons. The molecular weight excluding hydrogens is 420 g/mol. The minimum Gasteiger partial charge on any atom is -0.228 e. The van der Waals surface area contributed by atoms with E-state index in [1.54, 1.807) is 0 Å². The molecular formula is C26H27BrN2. The van der Waals surface area contributed by atoms with Crippen molar-refractivity contribution in [1.29, 1.82) is 0 Å². The smallest absolute Gasteiger partial charge is 0.160 e. The highest BCUT2D eigenvalue weighted by atomic mass is 79.9. The van der Waals surface area contributed by atoms with Crippen molar-refractivity contribution in [3.05, 3.63) is 95.5 Å². The summed E-state index contributed by atoms with van der Waals surface area (Å²) in [6.45, 7) is 8.00. The van der Waals surface area contributed by atoms with Crippen LogP contribution in [0.25, 0.3) is 33.9 Å². The van der Waals surface area contributed by atoms with Crippen LogP contribution in [0.3, 0.4) is 0 Å². The van der Waals surface area contributed by atoms with Crippen molar-refractivity contribution in [3.8, 4) is 33.9 Å². The number of rotatable bonds is 3. The number of nitrogens with zero attached hydrogens (tertiary/aromatic N) is 2. The fourth-order valence-corrected chi connectivity index (χ4v) is 3.12. The summed E-state index contributed by atoms with van der Waals surface area (Å²) in [5.74, 6) is 0.733. The summed E-state index contributed by atoms with van der Waals surface area (Å²) in [6, 6.07) is 30.5. The van der Waals surface area contributed by atoms with E-state index in [9.17, 15) is 0 Å². The highest BCUT2D eigenvalue weighted by molar-refractivity contribution is 9.10. The Kier molecular flexibility index (Phi) is 9.26. The first-order chi connectivity index (χ1) is 14.3. The van der Waals surface area contributed by atoms with E-state index in [1.807, 2.05) is 94.4 Å². The Balaban J connectivity index is 0.000000707. The van der Waals surface area contributed by atoms with Gasteiger partial charge in [-0.25, -0.2) is 9.97 Å². The van der Waals surface area contributed by atoms with Crippen LogP contribution in [0.2, 0.25) is 0 Å². The van der Waals surface area contributed by atoms with Crippen molar-refractivity contribution in [2.75, 3.05) is 0 Å². The molecule has 0 bridgehead atoms. The molecule has 0 amide bonds. The minimum absolute atomic E-state index is 0.733. The number of hydrogen-bond acceptors (Lipinski definition) is 2. The Labute approximate surface area is 182 Å². The lowest BCUT2D eigenvalue weighted by Crippen LogP contribution is -1.95. The molecule has 29 heavy (non-hydrogen) atoms.